The number of rotatable bonds is 2. The van der Waals surface area contributed by atoms with Gasteiger partial charge in [-0.1, -0.05) is 12.1 Å². The first-order valence-electron chi connectivity index (χ1n) is 5.77. The lowest BCUT2D eigenvalue weighted by molar-refractivity contribution is 0.406. The number of benzene rings is 1. The highest BCUT2D eigenvalue weighted by Crippen LogP contribution is 2.18. The monoisotopic (exact) mass is 253 g/mol. The Morgan fingerprint density at radius 2 is 1.88 bits per heavy atom. The van der Waals surface area contributed by atoms with Gasteiger partial charge in [0, 0.05) is 38.1 Å². The Morgan fingerprint density at radius 3 is 2.41 bits per heavy atom. The fraction of sp³-hybridized carbons (Fsp3) is 0.500. The van der Waals surface area contributed by atoms with Gasteiger partial charge in [-0.25, -0.2) is 13.3 Å². The minimum absolute atomic E-state index is 0.701. The van der Waals surface area contributed by atoms with Crippen LogP contribution in [0.2, 0.25) is 0 Å². The van der Waals surface area contributed by atoms with Crippen LogP contribution in [0.5, 0.6) is 0 Å². The fourth-order valence-electron chi connectivity index (χ4n) is 2.12. The van der Waals surface area contributed by atoms with E-state index in [1.54, 1.807) is 4.31 Å². The molecule has 0 spiro atoms. The zero-order valence-corrected chi connectivity index (χ0v) is 11.2. The van der Waals surface area contributed by atoms with Gasteiger partial charge in [0.05, 0.1) is 0 Å². The molecule has 4 nitrogen and oxygen atoms in total. The molecule has 1 heterocycles. The van der Waals surface area contributed by atoms with Crippen LogP contribution in [0.15, 0.2) is 24.3 Å². The average molecular weight is 253 g/mol. The lowest BCUT2D eigenvalue weighted by atomic mass is 10.2. The third-order valence-electron chi connectivity index (χ3n) is 3.10. The van der Waals surface area contributed by atoms with E-state index >= 15 is 0 Å². The van der Waals surface area contributed by atoms with Crippen molar-refractivity contribution in [1.29, 1.82) is 4.78 Å². The molecule has 0 aliphatic carbocycles. The van der Waals surface area contributed by atoms with Gasteiger partial charge in [-0.15, -0.1) is 0 Å². The summed E-state index contributed by atoms with van der Waals surface area (Å²) in [4.78, 5) is 2.29. The van der Waals surface area contributed by atoms with Gasteiger partial charge >= 0.3 is 0 Å². The van der Waals surface area contributed by atoms with E-state index in [4.69, 9.17) is 4.78 Å². The topological polar surface area (TPSA) is 47.4 Å². The summed E-state index contributed by atoms with van der Waals surface area (Å²) in [7, 11) is -2.53. The Morgan fingerprint density at radius 1 is 1.24 bits per heavy atom. The van der Waals surface area contributed by atoms with Gasteiger partial charge in [0.25, 0.3) is 0 Å². The van der Waals surface area contributed by atoms with E-state index in [2.05, 4.69) is 36.1 Å². The molecule has 1 aromatic rings. The fourth-order valence-corrected chi connectivity index (χ4v) is 2.98. The second kappa shape index (κ2) is 4.66. The largest absolute Gasteiger partial charge is 0.369 e. The van der Waals surface area contributed by atoms with Gasteiger partial charge < -0.3 is 4.90 Å². The molecule has 0 bridgehead atoms. The highest BCUT2D eigenvalue weighted by molar-refractivity contribution is 7.89. The van der Waals surface area contributed by atoms with Gasteiger partial charge in [0.15, 0.2) is 0 Å². The lowest BCUT2D eigenvalue weighted by Crippen LogP contribution is -2.48. The second-order valence-electron chi connectivity index (χ2n) is 4.56. The second-order valence-corrected chi connectivity index (χ2v) is 6.68. The summed E-state index contributed by atoms with van der Waals surface area (Å²) >= 11 is 0. The third kappa shape index (κ3) is 2.98. The Kier molecular flexibility index (Phi) is 3.40. The van der Waals surface area contributed by atoms with Gasteiger partial charge in [0.2, 0.25) is 0 Å². The maximum Gasteiger partial charge on any atom is 0.104 e. The van der Waals surface area contributed by atoms with Crippen LogP contribution < -0.4 is 4.90 Å². The lowest BCUT2D eigenvalue weighted by Gasteiger charge is -2.35. The quantitative estimate of drug-likeness (QED) is 0.872. The van der Waals surface area contributed by atoms with Crippen molar-refractivity contribution in [2.75, 3.05) is 37.3 Å². The third-order valence-corrected chi connectivity index (χ3v) is 4.45. The first kappa shape index (κ1) is 12.4. The normalized spacial score (nSPS) is 21.2. The summed E-state index contributed by atoms with van der Waals surface area (Å²) in [5.41, 5.74) is 2.47. The maximum atomic E-state index is 11.6. The van der Waals surface area contributed by atoms with E-state index in [1.807, 2.05) is 0 Å². The molecule has 1 fully saturated rings. The average Bonchev–Trinajstić information content (AvgIpc) is 2.28. The van der Waals surface area contributed by atoms with Crippen LogP contribution in [0.1, 0.15) is 5.56 Å². The van der Waals surface area contributed by atoms with Crippen LogP contribution in [-0.2, 0) is 9.92 Å². The van der Waals surface area contributed by atoms with Crippen LogP contribution in [0.4, 0.5) is 5.69 Å². The summed E-state index contributed by atoms with van der Waals surface area (Å²) < 4.78 is 20.9. The molecule has 1 atom stereocenters. The minimum atomic E-state index is -2.53. The maximum absolute atomic E-state index is 11.6. The molecule has 0 radical (unpaired) electrons. The Balaban J connectivity index is 2.05. The Hall–Kier alpha value is -1.07. The van der Waals surface area contributed by atoms with Crippen LogP contribution in [0, 0.1) is 11.7 Å². The summed E-state index contributed by atoms with van der Waals surface area (Å²) in [5, 5.41) is 0. The summed E-state index contributed by atoms with van der Waals surface area (Å²) in [5.74, 6) is 0. The van der Waals surface area contributed by atoms with E-state index in [1.165, 1.54) is 17.5 Å². The molecule has 1 aliphatic heterocycles. The predicted octanol–water partition coefficient (Wildman–Crippen LogP) is 1.71. The molecule has 1 aromatic carbocycles. The number of hydrogen-bond acceptors (Lipinski definition) is 3. The number of hydrogen-bond donors (Lipinski definition) is 1. The van der Waals surface area contributed by atoms with E-state index < -0.39 is 9.92 Å². The zero-order chi connectivity index (χ0) is 12.5. The molecule has 2 rings (SSSR count). The molecule has 17 heavy (non-hydrogen) atoms. The molecule has 1 unspecified atom stereocenters. The Bertz CT molecular complexity index is 490. The molecule has 0 aromatic heterocycles. The van der Waals surface area contributed by atoms with Crippen molar-refractivity contribution in [3.8, 4) is 0 Å². The van der Waals surface area contributed by atoms with Crippen LogP contribution in [-0.4, -0.2) is 40.9 Å². The number of nitrogens with zero attached hydrogens (tertiary/aromatic N) is 2. The van der Waals surface area contributed by atoms with Gasteiger partial charge in [-0.05, 0) is 24.6 Å². The molecule has 1 N–H and O–H groups in total. The molecular formula is C12H19N3OS. The molecule has 0 amide bonds. The van der Waals surface area contributed by atoms with Crippen LogP contribution in [0.25, 0.3) is 0 Å². The van der Waals surface area contributed by atoms with E-state index in [-0.39, 0.29) is 0 Å². The highest BCUT2D eigenvalue weighted by Gasteiger charge is 2.21. The minimum Gasteiger partial charge on any atom is -0.369 e. The van der Waals surface area contributed by atoms with E-state index in [0.29, 0.717) is 13.1 Å². The first-order chi connectivity index (χ1) is 7.97. The van der Waals surface area contributed by atoms with Crippen molar-refractivity contribution in [2.45, 2.75) is 6.92 Å². The van der Waals surface area contributed by atoms with Gasteiger partial charge in [0.1, 0.15) is 9.92 Å². The molecule has 5 heteroatoms. The van der Waals surface area contributed by atoms with Crippen LogP contribution in [0.3, 0.4) is 0 Å². The molecule has 1 aliphatic rings. The standard InChI is InChI=1S/C12H19N3OS/c1-11-4-3-5-12(10-11)14-6-8-15(9-7-14)17(2,13)16/h3-5,10,13H,6-9H2,1-2H3. The number of aryl methyl sites for hydroxylation is 1. The summed E-state index contributed by atoms with van der Waals surface area (Å²) in [6, 6.07) is 8.42. The number of piperazine rings is 1. The van der Waals surface area contributed by atoms with E-state index in [9.17, 15) is 4.21 Å². The predicted molar refractivity (Wildman–Crippen MR) is 71.8 cm³/mol. The molecule has 0 saturated carbocycles. The first-order valence-corrected chi connectivity index (χ1v) is 7.69. The number of nitrogens with one attached hydrogen (secondary N) is 1. The van der Waals surface area contributed by atoms with E-state index in [0.717, 1.165) is 13.1 Å². The van der Waals surface area contributed by atoms with Crippen molar-refractivity contribution in [1.82, 2.24) is 4.31 Å². The molecule has 94 valence electrons. The summed E-state index contributed by atoms with van der Waals surface area (Å²) in [6.45, 7) is 5.17. The van der Waals surface area contributed by atoms with Crippen molar-refractivity contribution in [3.05, 3.63) is 29.8 Å². The van der Waals surface area contributed by atoms with Crippen molar-refractivity contribution >= 4 is 15.6 Å². The van der Waals surface area contributed by atoms with Crippen molar-refractivity contribution in [3.63, 3.8) is 0 Å². The van der Waals surface area contributed by atoms with Gasteiger partial charge in [-0.2, -0.15) is 0 Å². The van der Waals surface area contributed by atoms with Crippen molar-refractivity contribution < 1.29 is 4.21 Å². The molecular weight excluding hydrogens is 234 g/mol. The highest BCUT2D eigenvalue weighted by atomic mass is 32.2. The summed E-state index contributed by atoms with van der Waals surface area (Å²) in [6.07, 6.45) is 1.50. The molecule has 1 saturated heterocycles. The number of anilines is 1. The smallest absolute Gasteiger partial charge is 0.104 e. The SMILES string of the molecule is Cc1cccc(N2CCN(S(C)(=N)=O)CC2)c1. The van der Waals surface area contributed by atoms with Crippen LogP contribution >= 0.6 is 0 Å². The zero-order valence-electron chi connectivity index (χ0n) is 10.3. The van der Waals surface area contributed by atoms with Gasteiger partial charge in [-0.3, -0.25) is 0 Å². The Labute approximate surface area is 103 Å². The van der Waals surface area contributed by atoms with Crippen molar-refractivity contribution in [2.24, 2.45) is 0 Å².